The summed E-state index contributed by atoms with van der Waals surface area (Å²) in [5, 5.41) is 2.25. The van der Waals surface area contributed by atoms with Crippen molar-refractivity contribution in [3.8, 4) is 0 Å². The summed E-state index contributed by atoms with van der Waals surface area (Å²) in [5.41, 5.74) is 0. The molecule has 0 saturated carbocycles. The molecule has 0 bridgehead atoms. The van der Waals surface area contributed by atoms with E-state index in [1.165, 1.54) is 0 Å². The van der Waals surface area contributed by atoms with Gasteiger partial charge in [-0.1, -0.05) is 20.8 Å². The highest BCUT2D eigenvalue weighted by Crippen LogP contribution is 1.53. The van der Waals surface area contributed by atoms with Crippen molar-refractivity contribution < 1.29 is 9.59 Å². The molecule has 0 aromatic carbocycles. The molecule has 0 heterocycles. The Balaban J connectivity index is -0.0000000787. The van der Waals surface area contributed by atoms with E-state index in [4.69, 9.17) is 4.79 Å². The zero-order chi connectivity index (χ0) is 8.83. The maximum absolute atomic E-state index is 9.17. The molecule has 0 spiro atoms. The monoisotopic (exact) mass is 147 g/mol. The summed E-state index contributed by atoms with van der Waals surface area (Å²) in [7, 11) is 1.56. The predicted octanol–water partition coefficient (Wildman–Crippen LogP) is 0.984. The van der Waals surface area contributed by atoms with Gasteiger partial charge >= 0.3 is 0 Å². The smallest absolute Gasteiger partial charge is 0.206 e. The number of hydrogen-bond acceptors (Lipinski definition) is 2. The largest absolute Gasteiger partial charge is 0.362 e. The first-order valence-corrected chi connectivity index (χ1v) is 3.38. The van der Waals surface area contributed by atoms with Gasteiger partial charge in [-0.05, 0) is 0 Å². The third-order valence-electron chi connectivity index (χ3n) is 0.285. The number of carbonyl (C=O) groups is 2. The topological polar surface area (TPSA) is 46.2 Å². The summed E-state index contributed by atoms with van der Waals surface area (Å²) < 4.78 is 0. The molecular weight excluding hydrogens is 130 g/mol. The van der Waals surface area contributed by atoms with Crippen LogP contribution in [-0.2, 0) is 9.59 Å². The van der Waals surface area contributed by atoms with E-state index >= 15 is 0 Å². The first-order valence-electron chi connectivity index (χ1n) is 3.38. The Bertz CT molecular complexity index is 47.6. The van der Waals surface area contributed by atoms with Gasteiger partial charge in [0.2, 0.25) is 6.41 Å². The molecule has 0 aliphatic rings. The molecule has 1 N–H and O–H groups in total. The average Bonchev–Trinajstić information content (AvgIpc) is 2.08. The second kappa shape index (κ2) is 42.1. The Labute approximate surface area is 62.8 Å². The van der Waals surface area contributed by atoms with Gasteiger partial charge in [0.25, 0.3) is 0 Å². The van der Waals surface area contributed by atoms with Crippen molar-refractivity contribution in [3.05, 3.63) is 0 Å². The van der Waals surface area contributed by atoms with Gasteiger partial charge in [0.15, 0.2) is 0 Å². The Kier molecular flexibility index (Phi) is 67.6. The van der Waals surface area contributed by atoms with E-state index in [0.717, 1.165) is 6.29 Å². The number of rotatable bonds is 2. The minimum absolute atomic E-state index is 0.625. The van der Waals surface area contributed by atoms with Crippen LogP contribution in [0, 0.1) is 0 Å². The van der Waals surface area contributed by atoms with E-state index in [0.29, 0.717) is 12.8 Å². The van der Waals surface area contributed by atoms with Crippen molar-refractivity contribution in [1.82, 2.24) is 5.32 Å². The fourth-order valence-corrected chi connectivity index (χ4v) is 0. The molecule has 0 aromatic rings. The molecule has 0 rings (SSSR count). The number of carbonyl (C=O) groups excluding carboxylic acids is 2. The molecule has 1 amide bonds. The molecule has 0 unspecified atom stereocenters. The van der Waals surface area contributed by atoms with Crippen LogP contribution in [0.15, 0.2) is 0 Å². The van der Waals surface area contributed by atoms with Crippen molar-refractivity contribution in [2.45, 2.75) is 27.2 Å². The first kappa shape index (κ1) is 16.1. The predicted molar refractivity (Wildman–Crippen MR) is 42.8 cm³/mol. The number of nitrogens with one attached hydrogen (secondary N) is 1. The van der Waals surface area contributed by atoms with Crippen LogP contribution in [0.3, 0.4) is 0 Å². The van der Waals surface area contributed by atoms with Crippen molar-refractivity contribution in [3.63, 3.8) is 0 Å². The second-order valence-electron chi connectivity index (χ2n) is 0.981. The highest BCUT2D eigenvalue weighted by atomic mass is 16.1. The highest BCUT2D eigenvalue weighted by molar-refractivity contribution is 5.48. The van der Waals surface area contributed by atoms with E-state index in [1.54, 1.807) is 7.05 Å². The summed E-state index contributed by atoms with van der Waals surface area (Å²) in [5.74, 6) is 0. The van der Waals surface area contributed by atoms with Crippen LogP contribution in [0.4, 0.5) is 0 Å². The molecule has 0 saturated heterocycles. The molecule has 62 valence electrons. The van der Waals surface area contributed by atoms with Crippen molar-refractivity contribution in [1.29, 1.82) is 0 Å². The maximum Gasteiger partial charge on any atom is 0.206 e. The van der Waals surface area contributed by atoms with Crippen LogP contribution >= 0.6 is 0 Å². The van der Waals surface area contributed by atoms with E-state index in [9.17, 15) is 4.79 Å². The van der Waals surface area contributed by atoms with Gasteiger partial charge in [-0.15, -0.1) is 0 Å². The lowest BCUT2D eigenvalue weighted by Gasteiger charge is -1.64. The van der Waals surface area contributed by atoms with Crippen LogP contribution in [0.5, 0.6) is 0 Å². The van der Waals surface area contributed by atoms with Gasteiger partial charge in [0, 0.05) is 13.5 Å². The van der Waals surface area contributed by atoms with Crippen LogP contribution in [0.2, 0.25) is 0 Å². The minimum Gasteiger partial charge on any atom is -0.362 e. The van der Waals surface area contributed by atoms with Crippen molar-refractivity contribution in [2.75, 3.05) is 7.05 Å². The number of amides is 1. The Hall–Kier alpha value is -0.860. The number of aldehydes is 1. The van der Waals surface area contributed by atoms with E-state index < -0.39 is 0 Å². The molecule has 0 radical (unpaired) electrons. The molecule has 0 aromatic heterocycles. The lowest BCUT2D eigenvalue weighted by Crippen LogP contribution is -1.98. The third-order valence-corrected chi connectivity index (χ3v) is 0.285. The summed E-state index contributed by atoms with van der Waals surface area (Å²) >= 11 is 0. The lowest BCUT2D eigenvalue weighted by molar-refractivity contribution is -0.109. The zero-order valence-corrected chi connectivity index (χ0v) is 7.18. The molecule has 0 fully saturated rings. The first-order chi connectivity index (χ1) is 4.83. The van der Waals surface area contributed by atoms with E-state index in [1.807, 2.05) is 20.8 Å². The minimum atomic E-state index is 0.625. The van der Waals surface area contributed by atoms with Gasteiger partial charge < -0.3 is 10.1 Å². The van der Waals surface area contributed by atoms with Crippen molar-refractivity contribution in [2.24, 2.45) is 0 Å². The van der Waals surface area contributed by atoms with Crippen LogP contribution < -0.4 is 5.32 Å². The molecule has 0 atom stereocenters. The normalized spacial score (nSPS) is 5.20. The van der Waals surface area contributed by atoms with Gasteiger partial charge in [0.1, 0.15) is 6.29 Å². The summed E-state index contributed by atoms with van der Waals surface area (Å²) in [6.07, 6.45) is 2.14. The SMILES string of the molecule is CC.CCC=O.CNC=O. The molecule has 0 aliphatic carbocycles. The second-order valence-corrected chi connectivity index (χ2v) is 0.981. The van der Waals surface area contributed by atoms with Gasteiger partial charge in [-0.3, -0.25) is 4.79 Å². The standard InChI is InChI=1S/C3H6O.C2H5NO.C2H6/c1-2-3-4;1-3-2-4;1-2/h3H,2H2,1H3;2H,1H3,(H,3,4);1-2H3. The zero-order valence-electron chi connectivity index (χ0n) is 7.18. The quantitative estimate of drug-likeness (QED) is 0.592. The molecule has 3 heteroatoms. The van der Waals surface area contributed by atoms with Crippen molar-refractivity contribution >= 4 is 12.7 Å². The van der Waals surface area contributed by atoms with Crippen LogP contribution in [-0.4, -0.2) is 19.7 Å². The molecule has 0 aliphatic heterocycles. The molecular formula is C7H17NO2. The average molecular weight is 147 g/mol. The molecule has 3 nitrogen and oxygen atoms in total. The Morgan fingerprint density at radius 3 is 1.50 bits per heavy atom. The van der Waals surface area contributed by atoms with Gasteiger partial charge in [-0.25, -0.2) is 0 Å². The van der Waals surface area contributed by atoms with Crippen LogP contribution in [0.1, 0.15) is 27.2 Å². The lowest BCUT2D eigenvalue weighted by atomic mass is 10.6. The number of hydrogen-bond donors (Lipinski definition) is 1. The third kappa shape index (κ3) is 207. The summed E-state index contributed by atoms with van der Waals surface area (Å²) in [4.78, 5) is 18.2. The van der Waals surface area contributed by atoms with E-state index in [-0.39, 0.29) is 0 Å². The fraction of sp³-hybridized carbons (Fsp3) is 0.714. The maximum atomic E-state index is 9.17. The van der Waals surface area contributed by atoms with E-state index in [2.05, 4.69) is 5.32 Å². The Morgan fingerprint density at radius 1 is 1.30 bits per heavy atom. The highest BCUT2D eigenvalue weighted by Gasteiger charge is 1.52. The van der Waals surface area contributed by atoms with Gasteiger partial charge in [-0.2, -0.15) is 0 Å². The fourth-order valence-electron chi connectivity index (χ4n) is 0. The Morgan fingerprint density at radius 2 is 1.50 bits per heavy atom. The van der Waals surface area contributed by atoms with Gasteiger partial charge in [0.05, 0.1) is 0 Å². The summed E-state index contributed by atoms with van der Waals surface area (Å²) in [6.45, 7) is 5.81. The molecule has 10 heavy (non-hydrogen) atoms. The summed E-state index contributed by atoms with van der Waals surface area (Å²) in [6, 6.07) is 0. The van der Waals surface area contributed by atoms with Crippen LogP contribution in [0.25, 0.3) is 0 Å².